The van der Waals surface area contributed by atoms with E-state index in [9.17, 15) is 0 Å². The average molecular weight is 303 g/mol. The third kappa shape index (κ3) is 1.92. The molecule has 0 fully saturated rings. The van der Waals surface area contributed by atoms with Crippen LogP contribution in [0.15, 0.2) is 16.6 Å². The Kier molecular flexibility index (Phi) is 3.13. The second-order valence-electron chi connectivity index (χ2n) is 4.21. The van der Waals surface area contributed by atoms with E-state index in [0.29, 0.717) is 16.8 Å². The van der Waals surface area contributed by atoms with Gasteiger partial charge in [0.05, 0.1) is 15.9 Å². The van der Waals surface area contributed by atoms with Crippen LogP contribution in [0, 0.1) is 5.92 Å². The third-order valence-electron chi connectivity index (χ3n) is 2.36. The summed E-state index contributed by atoms with van der Waals surface area (Å²) >= 11 is 9.64. The number of rotatable bonds is 2. The minimum absolute atomic E-state index is 0.488. The van der Waals surface area contributed by atoms with Crippen molar-refractivity contribution in [2.45, 2.75) is 20.4 Å². The van der Waals surface area contributed by atoms with Gasteiger partial charge in [-0.1, -0.05) is 25.4 Å². The largest absolute Gasteiger partial charge is 0.382 e. The number of benzene rings is 1. The van der Waals surface area contributed by atoms with Crippen molar-refractivity contribution in [1.82, 2.24) is 9.78 Å². The number of halogens is 2. The first-order valence-corrected chi connectivity index (χ1v) is 6.27. The van der Waals surface area contributed by atoms with Crippen molar-refractivity contribution in [3.8, 4) is 0 Å². The predicted molar refractivity (Wildman–Crippen MR) is 71.7 cm³/mol. The minimum Gasteiger partial charge on any atom is -0.382 e. The molecule has 1 aromatic carbocycles. The van der Waals surface area contributed by atoms with Crippen LogP contribution >= 0.6 is 27.5 Å². The first-order valence-electron chi connectivity index (χ1n) is 5.10. The Morgan fingerprint density at radius 3 is 2.81 bits per heavy atom. The maximum Gasteiger partial charge on any atom is 0.154 e. The Morgan fingerprint density at radius 1 is 1.50 bits per heavy atom. The first-order chi connectivity index (χ1) is 7.50. The van der Waals surface area contributed by atoms with Crippen molar-refractivity contribution in [3.63, 3.8) is 0 Å². The van der Waals surface area contributed by atoms with Crippen molar-refractivity contribution in [3.05, 3.63) is 21.6 Å². The van der Waals surface area contributed by atoms with Gasteiger partial charge in [-0.05, 0) is 34.0 Å². The van der Waals surface area contributed by atoms with Gasteiger partial charge < -0.3 is 5.73 Å². The molecule has 2 aromatic rings. The maximum atomic E-state index is 6.13. The van der Waals surface area contributed by atoms with Gasteiger partial charge in [0.15, 0.2) is 5.82 Å². The molecular weight excluding hydrogens is 289 g/mol. The molecule has 3 nitrogen and oxygen atoms in total. The molecule has 0 aliphatic heterocycles. The zero-order valence-electron chi connectivity index (χ0n) is 9.17. The molecule has 0 saturated heterocycles. The lowest BCUT2D eigenvalue weighted by Gasteiger charge is -2.07. The van der Waals surface area contributed by atoms with Crippen molar-refractivity contribution in [2.24, 2.45) is 5.92 Å². The van der Waals surface area contributed by atoms with E-state index in [4.69, 9.17) is 17.3 Å². The van der Waals surface area contributed by atoms with Gasteiger partial charge in [-0.25, -0.2) is 0 Å². The molecule has 0 bridgehead atoms. The zero-order valence-corrected chi connectivity index (χ0v) is 11.5. The van der Waals surface area contributed by atoms with Gasteiger partial charge in [0.25, 0.3) is 0 Å². The van der Waals surface area contributed by atoms with Gasteiger partial charge in [-0.2, -0.15) is 5.10 Å². The molecule has 0 saturated carbocycles. The van der Waals surface area contributed by atoms with Gasteiger partial charge in [0, 0.05) is 11.0 Å². The average Bonchev–Trinajstić information content (AvgIpc) is 2.49. The molecule has 0 spiro atoms. The van der Waals surface area contributed by atoms with Crippen LogP contribution < -0.4 is 5.73 Å². The first kappa shape index (κ1) is 11.7. The van der Waals surface area contributed by atoms with E-state index in [-0.39, 0.29) is 0 Å². The molecule has 0 amide bonds. The molecule has 2 N–H and O–H groups in total. The van der Waals surface area contributed by atoms with E-state index < -0.39 is 0 Å². The molecule has 0 atom stereocenters. The number of hydrogen-bond acceptors (Lipinski definition) is 2. The number of nitrogen functional groups attached to an aromatic ring is 1. The van der Waals surface area contributed by atoms with Crippen molar-refractivity contribution in [2.75, 3.05) is 5.73 Å². The van der Waals surface area contributed by atoms with E-state index in [1.54, 1.807) is 0 Å². The molecule has 16 heavy (non-hydrogen) atoms. The van der Waals surface area contributed by atoms with Gasteiger partial charge in [0.1, 0.15) is 0 Å². The molecule has 5 heteroatoms. The normalized spacial score (nSPS) is 11.6. The topological polar surface area (TPSA) is 43.8 Å². The summed E-state index contributed by atoms with van der Waals surface area (Å²) in [5.41, 5.74) is 6.86. The molecule has 2 rings (SSSR count). The summed E-state index contributed by atoms with van der Waals surface area (Å²) in [5, 5.41) is 5.81. The van der Waals surface area contributed by atoms with E-state index in [1.165, 1.54) is 0 Å². The molecule has 1 heterocycles. The fourth-order valence-corrected chi connectivity index (χ4v) is 2.53. The van der Waals surface area contributed by atoms with E-state index in [0.717, 1.165) is 21.9 Å². The van der Waals surface area contributed by atoms with Crippen molar-refractivity contribution < 1.29 is 0 Å². The monoisotopic (exact) mass is 301 g/mol. The standard InChI is InChI=1S/C11H13BrClN3/c1-6(2)5-16-10-7(12)3-4-8(13)9(10)11(14)15-16/h3-4,6H,5H2,1-2H3,(H2,14,15). The molecule has 0 radical (unpaired) electrons. The minimum atomic E-state index is 0.488. The highest BCUT2D eigenvalue weighted by molar-refractivity contribution is 9.10. The highest BCUT2D eigenvalue weighted by atomic mass is 79.9. The molecule has 0 aliphatic rings. The predicted octanol–water partition coefficient (Wildman–Crippen LogP) is 3.69. The van der Waals surface area contributed by atoms with Crippen LogP contribution in [-0.2, 0) is 6.54 Å². The smallest absolute Gasteiger partial charge is 0.154 e. The number of aromatic nitrogens is 2. The van der Waals surface area contributed by atoms with E-state index >= 15 is 0 Å². The van der Waals surface area contributed by atoms with Gasteiger partial charge in [-0.3, -0.25) is 4.68 Å². The van der Waals surface area contributed by atoms with Crippen molar-refractivity contribution in [1.29, 1.82) is 0 Å². The third-order valence-corrected chi connectivity index (χ3v) is 3.31. The summed E-state index contributed by atoms with van der Waals surface area (Å²) in [6.45, 7) is 5.11. The summed E-state index contributed by atoms with van der Waals surface area (Å²) < 4.78 is 2.88. The van der Waals surface area contributed by atoms with Crippen LogP contribution in [-0.4, -0.2) is 9.78 Å². The second-order valence-corrected chi connectivity index (χ2v) is 5.48. The second kappa shape index (κ2) is 4.26. The summed E-state index contributed by atoms with van der Waals surface area (Å²) in [7, 11) is 0. The Morgan fingerprint density at radius 2 is 2.19 bits per heavy atom. The lowest BCUT2D eigenvalue weighted by Crippen LogP contribution is -2.06. The zero-order chi connectivity index (χ0) is 11.9. The fraction of sp³-hybridized carbons (Fsp3) is 0.364. The van der Waals surface area contributed by atoms with Crippen LogP contribution in [0.1, 0.15) is 13.8 Å². The highest BCUT2D eigenvalue weighted by Crippen LogP contribution is 2.34. The van der Waals surface area contributed by atoms with Crippen LogP contribution in [0.5, 0.6) is 0 Å². The lowest BCUT2D eigenvalue weighted by molar-refractivity contribution is 0.496. The summed E-state index contributed by atoms with van der Waals surface area (Å²) in [5.74, 6) is 0.996. The maximum absolute atomic E-state index is 6.13. The fourth-order valence-electron chi connectivity index (χ4n) is 1.75. The summed E-state index contributed by atoms with van der Waals surface area (Å²) in [4.78, 5) is 0. The molecule has 1 aromatic heterocycles. The quantitative estimate of drug-likeness (QED) is 0.919. The Bertz CT molecular complexity index is 533. The summed E-state index contributed by atoms with van der Waals surface area (Å²) in [6, 6.07) is 3.74. The molecule has 0 aliphatic carbocycles. The number of hydrogen-bond donors (Lipinski definition) is 1. The van der Waals surface area contributed by atoms with E-state index in [2.05, 4.69) is 34.9 Å². The van der Waals surface area contributed by atoms with Gasteiger partial charge in [-0.15, -0.1) is 0 Å². The number of fused-ring (bicyclic) bond motifs is 1. The molecular formula is C11H13BrClN3. The Balaban J connectivity index is 2.72. The van der Waals surface area contributed by atoms with Crippen molar-refractivity contribution >= 4 is 44.3 Å². The van der Waals surface area contributed by atoms with Crippen LogP contribution in [0.2, 0.25) is 5.02 Å². The van der Waals surface area contributed by atoms with E-state index in [1.807, 2.05) is 16.8 Å². The van der Waals surface area contributed by atoms with Crippen LogP contribution in [0.4, 0.5) is 5.82 Å². The van der Waals surface area contributed by atoms with Crippen LogP contribution in [0.25, 0.3) is 10.9 Å². The number of nitrogens with two attached hydrogens (primary N) is 1. The summed E-state index contributed by atoms with van der Waals surface area (Å²) in [6.07, 6.45) is 0. The highest BCUT2D eigenvalue weighted by Gasteiger charge is 2.14. The van der Waals surface area contributed by atoms with Gasteiger partial charge >= 0.3 is 0 Å². The molecule has 0 unspecified atom stereocenters. The lowest BCUT2D eigenvalue weighted by atomic mass is 10.2. The molecule has 86 valence electrons. The SMILES string of the molecule is CC(C)Cn1nc(N)c2c(Cl)ccc(Br)c21. The Labute approximate surface area is 108 Å². The van der Waals surface area contributed by atoms with Gasteiger partial charge in [0.2, 0.25) is 0 Å². The number of anilines is 1. The Hall–Kier alpha value is -0.740. The number of nitrogens with zero attached hydrogens (tertiary/aromatic N) is 2. The van der Waals surface area contributed by atoms with Crippen LogP contribution in [0.3, 0.4) is 0 Å².